The number of hydrogen-bond donors (Lipinski definition) is 4. The molecule has 0 radical (unpaired) electrons. The molecule has 0 bridgehead atoms. The van der Waals surface area contributed by atoms with Gasteiger partial charge in [-0.1, -0.05) is 18.2 Å². The number of cyclic esters (lactones) is 1. The second kappa shape index (κ2) is 9.53. The van der Waals surface area contributed by atoms with Crippen LogP contribution in [0.4, 0.5) is 13.2 Å². The number of aromatic amines is 1. The van der Waals surface area contributed by atoms with E-state index in [0.717, 1.165) is 47.7 Å². The highest BCUT2D eigenvalue weighted by molar-refractivity contribution is 6.13. The fourth-order valence-corrected chi connectivity index (χ4v) is 4.50. The molecular formula is C23H23F3N4O5. The SMILES string of the molecule is O=C(NCC1CC2(CCNCC2)C(=O)O1)c1nccc2c1[nH]c1ccccc12.O=C(O)C(F)(F)F. The average Bonchev–Trinajstić information content (AvgIpc) is 3.35. The molecule has 1 unspecified atom stereocenters. The standard InChI is InChI=1S/C21H22N4O3.C2HF3O2/c26-19(24-12-13-11-21(20(27)28-13)6-9-22-10-7-21)18-17-15(5-8-23-18)14-3-1-2-4-16(14)25-17;3-2(4,5)1(6)7/h1-5,8,13,22,25H,6-7,9-12H2,(H,24,26);(H,6,7). The number of carbonyl (C=O) groups excluding carboxylic acids is 2. The molecule has 0 saturated carbocycles. The molecule has 3 aromatic rings. The van der Waals surface area contributed by atoms with Gasteiger partial charge < -0.3 is 25.5 Å². The Kier molecular flexibility index (Phi) is 6.66. The molecule has 9 nitrogen and oxygen atoms in total. The molecule has 2 aliphatic rings. The highest BCUT2D eigenvalue weighted by Gasteiger charge is 2.49. The normalized spacial score (nSPS) is 19.3. The zero-order valence-corrected chi connectivity index (χ0v) is 18.4. The van der Waals surface area contributed by atoms with Crippen molar-refractivity contribution in [1.82, 2.24) is 20.6 Å². The maximum absolute atomic E-state index is 12.8. The van der Waals surface area contributed by atoms with Crippen molar-refractivity contribution in [3.05, 3.63) is 42.2 Å². The summed E-state index contributed by atoms with van der Waals surface area (Å²) in [5.74, 6) is -3.14. The summed E-state index contributed by atoms with van der Waals surface area (Å²) >= 11 is 0. The van der Waals surface area contributed by atoms with Crippen LogP contribution in [-0.4, -0.2) is 64.8 Å². The molecular weight excluding hydrogens is 469 g/mol. The fraction of sp³-hybridized carbons (Fsp3) is 0.391. The number of alkyl halides is 3. The number of H-pyrrole nitrogens is 1. The first-order chi connectivity index (χ1) is 16.6. The van der Waals surface area contributed by atoms with Crippen molar-refractivity contribution in [2.75, 3.05) is 19.6 Å². The fourth-order valence-electron chi connectivity index (χ4n) is 4.50. The van der Waals surface area contributed by atoms with Crippen LogP contribution in [-0.2, 0) is 14.3 Å². The number of para-hydroxylation sites is 1. The number of piperidine rings is 1. The Hall–Kier alpha value is -3.67. The Morgan fingerprint density at radius 2 is 1.86 bits per heavy atom. The van der Waals surface area contributed by atoms with Crippen LogP contribution in [0.2, 0.25) is 0 Å². The lowest BCUT2D eigenvalue weighted by atomic mass is 9.76. The van der Waals surface area contributed by atoms with Crippen molar-refractivity contribution in [3.8, 4) is 0 Å². The molecule has 2 fully saturated rings. The molecule has 186 valence electrons. The number of aromatic nitrogens is 2. The smallest absolute Gasteiger partial charge is 0.475 e. The van der Waals surface area contributed by atoms with E-state index in [1.807, 2.05) is 30.3 Å². The second-order valence-corrected chi connectivity index (χ2v) is 8.53. The molecule has 4 N–H and O–H groups in total. The van der Waals surface area contributed by atoms with Crippen LogP contribution in [0, 0.1) is 5.41 Å². The van der Waals surface area contributed by atoms with E-state index in [0.29, 0.717) is 18.7 Å². The summed E-state index contributed by atoms with van der Waals surface area (Å²) in [6.45, 7) is 1.97. The minimum absolute atomic E-state index is 0.121. The lowest BCUT2D eigenvalue weighted by Gasteiger charge is -2.29. The number of benzene rings is 1. The molecule has 2 aromatic heterocycles. The molecule has 1 amide bonds. The van der Waals surface area contributed by atoms with Gasteiger partial charge in [0.2, 0.25) is 0 Å². The predicted molar refractivity (Wildman–Crippen MR) is 119 cm³/mol. The van der Waals surface area contributed by atoms with Gasteiger partial charge in [0, 0.05) is 28.9 Å². The van der Waals surface area contributed by atoms with E-state index in [-0.39, 0.29) is 23.4 Å². The predicted octanol–water partition coefficient (Wildman–Crippen LogP) is 2.76. The molecule has 2 aliphatic heterocycles. The number of fused-ring (bicyclic) bond motifs is 3. The zero-order valence-electron chi connectivity index (χ0n) is 18.4. The van der Waals surface area contributed by atoms with Gasteiger partial charge >= 0.3 is 18.1 Å². The first-order valence-electron chi connectivity index (χ1n) is 11.0. The molecule has 1 spiro atoms. The number of ether oxygens (including phenoxy) is 1. The number of carbonyl (C=O) groups is 3. The number of halogens is 3. The largest absolute Gasteiger partial charge is 0.490 e. The van der Waals surface area contributed by atoms with Crippen LogP contribution in [0.5, 0.6) is 0 Å². The van der Waals surface area contributed by atoms with Gasteiger partial charge in [-0.15, -0.1) is 0 Å². The first-order valence-corrected chi connectivity index (χ1v) is 11.0. The number of aliphatic carboxylic acids is 1. The molecule has 1 aromatic carbocycles. The number of nitrogens with zero attached hydrogens (tertiary/aromatic N) is 1. The van der Waals surface area contributed by atoms with Gasteiger partial charge in [0.05, 0.1) is 17.5 Å². The monoisotopic (exact) mass is 492 g/mol. The Morgan fingerprint density at radius 3 is 2.54 bits per heavy atom. The molecule has 35 heavy (non-hydrogen) atoms. The number of hydrogen-bond acceptors (Lipinski definition) is 6. The summed E-state index contributed by atoms with van der Waals surface area (Å²) < 4.78 is 37.3. The van der Waals surface area contributed by atoms with Crippen LogP contribution in [0.25, 0.3) is 21.8 Å². The van der Waals surface area contributed by atoms with Crippen LogP contribution in [0.1, 0.15) is 29.8 Å². The van der Waals surface area contributed by atoms with Gasteiger partial charge in [0.25, 0.3) is 5.91 Å². The van der Waals surface area contributed by atoms with Gasteiger partial charge in [0.1, 0.15) is 6.10 Å². The summed E-state index contributed by atoms with van der Waals surface area (Å²) in [7, 11) is 0. The van der Waals surface area contributed by atoms with Gasteiger partial charge in [-0.05, 0) is 38.1 Å². The van der Waals surface area contributed by atoms with Crippen molar-refractivity contribution >= 4 is 39.7 Å². The third kappa shape index (κ3) is 5.06. The van der Waals surface area contributed by atoms with E-state index < -0.39 is 12.1 Å². The summed E-state index contributed by atoms with van der Waals surface area (Å²) in [5.41, 5.74) is 1.67. The van der Waals surface area contributed by atoms with Gasteiger partial charge in [-0.2, -0.15) is 13.2 Å². The maximum Gasteiger partial charge on any atom is 0.490 e. The molecule has 0 aliphatic carbocycles. The third-order valence-electron chi connectivity index (χ3n) is 6.26. The van der Waals surface area contributed by atoms with E-state index in [1.165, 1.54) is 0 Å². The number of nitrogens with one attached hydrogen (secondary N) is 3. The van der Waals surface area contributed by atoms with E-state index in [9.17, 15) is 22.8 Å². The highest BCUT2D eigenvalue weighted by atomic mass is 19.4. The van der Waals surface area contributed by atoms with E-state index in [1.54, 1.807) is 6.20 Å². The quantitative estimate of drug-likeness (QED) is 0.413. The number of rotatable bonds is 3. The average molecular weight is 492 g/mol. The summed E-state index contributed by atoms with van der Waals surface area (Å²) in [4.78, 5) is 41.6. The van der Waals surface area contributed by atoms with Gasteiger partial charge in [-0.25, -0.2) is 9.78 Å². The number of carboxylic acid groups (broad SMARTS) is 1. The molecule has 4 heterocycles. The topological polar surface area (TPSA) is 133 Å². The van der Waals surface area contributed by atoms with E-state index in [4.69, 9.17) is 14.6 Å². The van der Waals surface area contributed by atoms with Crippen molar-refractivity contribution in [1.29, 1.82) is 0 Å². The van der Waals surface area contributed by atoms with Crippen molar-refractivity contribution < 1.29 is 37.4 Å². The first kappa shape index (κ1) is 24.5. The Morgan fingerprint density at radius 1 is 1.17 bits per heavy atom. The van der Waals surface area contributed by atoms with Crippen LogP contribution in [0.3, 0.4) is 0 Å². The van der Waals surface area contributed by atoms with Crippen LogP contribution >= 0.6 is 0 Å². The van der Waals surface area contributed by atoms with Crippen molar-refractivity contribution in [2.45, 2.75) is 31.5 Å². The van der Waals surface area contributed by atoms with E-state index >= 15 is 0 Å². The summed E-state index contributed by atoms with van der Waals surface area (Å²) in [5, 5.41) is 15.3. The lowest BCUT2D eigenvalue weighted by Crippen LogP contribution is -2.39. The Bertz CT molecular complexity index is 1270. The molecule has 1 atom stereocenters. The minimum atomic E-state index is -5.08. The third-order valence-corrected chi connectivity index (χ3v) is 6.26. The Balaban J connectivity index is 0.000000364. The Labute approximate surface area is 197 Å². The van der Waals surface area contributed by atoms with Crippen molar-refractivity contribution in [2.24, 2.45) is 5.41 Å². The number of esters is 1. The molecule has 12 heteroatoms. The zero-order chi connectivity index (χ0) is 25.2. The second-order valence-electron chi connectivity index (χ2n) is 8.53. The highest BCUT2D eigenvalue weighted by Crippen LogP contribution is 2.41. The number of amides is 1. The minimum Gasteiger partial charge on any atom is -0.475 e. The number of pyridine rings is 1. The van der Waals surface area contributed by atoms with Crippen molar-refractivity contribution in [3.63, 3.8) is 0 Å². The summed E-state index contributed by atoms with van der Waals surface area (Å²) in [6.07, 6.45) is -1.45. The summed E-state index contributed by atoms with van der Waals surface area (Å²) in [6, 6.07) is 9.83. The molecule has 5 rings (SSSR count). The lowest BCUT2D eigenvalue weighted by molar-refractivity contribution is -0.192. The number of carboxylic acids is 1. The molecule has 2 saturated heterocycles. The maximum atomic E-state index is 12.8. The van der Waals surface area contributed by atoms with Crippen LogP contribution in [0.15, 0.2) is 36.5 Å². The van der Waals surface area contributed by atoms with Crippen LogP contribution < -0.4 is 10.6 Å². The van der Waals surface area contributed by atoms with E-state index in [2.05, 4.69) is 20.6 Å². The van der Waals surface area contributed by atoms with Gasteiger partial charge in [-0.3, -0.25) is 9.59 Å². The van der Waals surface area contributed by atoms with Gasteiger partial charge in [0.15, 0.2) is 5.69 Å².